The summed E-state index contributed by atoms with van der Waals surface area (Å²) < 4.78 is 17.3. The Labute approximate surface area is 255 Å². The largest absolute Gasteiger partial charge is 0.396 e. The van der Waals surface area contributed by atoms with Crippen molar-refractivity contribution in [3.8, 4) is 6.07 Å². The van der Waals surface area contributed by atoms with Gasteiger partial charge in [0.15, 0.2) is 5.82 Å². The second-order valence-electron chi connectivity index (χ2n) is 12.4. The van der Waals surface area contributed by atoms with Crippen LogP contribution in [0.25, 0.3) is 0 Å². The summed E-state index contributed by atoms with van der Waals surface area (Å²) in [6.45, 7) is 7.38. The molecule has 4 atom stereocenters. The Kier molecular flexibility index (Phi) is 9.36. The Balaban J connectivity index is 1.86. The lowest BCUT2D eigenvalue weighted by molar-refractivity contribution is -0.118. The number of carbonyl (C=O) groups is 1. The van der Waals surface area contributed by atoms with E-state index >= 15 is 4.39 Å². The highest BCUT2D eigenvalue weighted by atomic mass is 35.5. The summed E-state index contributed by atoms with van der Waals surface area (Å²) in [4.78, 5) is 14.0. The van der Waals surface area contributed by atoms with Gasteiger partial charge in [-0.05, 0) is 61.9 Å². The van der Waals surface area contributed by atoms with Crippen LogP contribution in [0.4, 0.5) is 10.2 Å². The van der Waals surface area contributed by atoms with E-state index in [9.17, 15) is 20.3 Å². The van der Waals surface area contributed by atoms with Crippen LogP contribution >= 0.6 is 23.2 Å². The van der Waals surface area contributed by atoms with Gasteiger partial charge in [-0.2, -0.15) is 10.4 Å². The molecule has 3 aromatic rings. The number of hydrogen-bond donors (Lipinski definition) is 4. The van der Waals surface area contributed by atoms with E-state index < -0.39 is 46.2 Å². The Morgan fingerprint density at radius 1 is 1.19 bits per heavy atom. The molecule has 4 unspecified atom stereocenters. The lowest BCUT2D eigenvalue weighted by Crippen LogP contribution is -2.45. The fourth-order valence-corrected chi connectivity index (χ4v) is 6.35. The summed E-state index contributed by atoms with van der Waals surface area (Å²) in [6, 6.07) is 13.5. The van der Waals surface area contributed by atoms with Crippen molar-refractivity contribution in [1.82, 2.24) is 15.1 Å². The van der Waals surface area contributed by atoms with Crippen molar-refractivity contribution in [2.24, 2.45) is 5.41 Å². The van der Waals surface area contributed by atoms with E-state index in [1.807, 2.05) is 13.8 Å². The fraction of sp³-hybridized carbons (Fsp3) is 0.452. The zero-order chi connectivity index (χ0) is 30.9. The summed E-state index contributed by atoms with van der Waals surface area (Å²) >= 11 is 12.5. The lowest BCUT2D eigenvalue weighted by Gasteiger charge is -2.38. The molecule has 2 aromatic carbocycles. The number of aliphatic hydroxyl groups is 2. The summed E-state index contributed by atoms with van der Waals surface area (Å²) in [5, 5.41) is 42.1. The number of halogens is 3. The first kappa shape index (κ1) is 31.9. The van der Waals surface area contributed by atoms with Gasteiger partial charge in [-0.25, -0.2) is 4.39 Å². The first-order chi connectivity index (χ1) is 19.7. The molecule has 0 bridgehead atoms. The Hall–Kier alpha value is -3.00. The van der Waals surface area contributed by atoms with E-state index in [4.69, 9.17) is 23.2 Å². The Bertz CT molecular complexity index is 1480. The van der Waals surface area contributed by atoms with Crippen LogP contribution in [0.1, 0.15) is 57.6 Å². The molecule has 0 saturated carbocycles. The molecule has 1 aromatic heterocycles. The molecular weight excluding hydrogens is 580 g/mol. The Morgan fingerprint density at radius 3 is 2.52 bits per heavy atom. The minimum Gasteiger partial charge on any atom is -0.396 e. The van der Waals surface area contributed by atoms with Crippen molar-refractivity contribution in [2.75, 3.05) is 11.9 Å². The average Bonchev–Trinajstić information content (AvgIpc) is 3.44. The maximum absolute atomic E-state index is 15.8. The van der Waals surface area contributed by atoms with Gasteiger partial charge in [-0.1, -0.05) is 55.2 Å². The van der Waals surface area contributed by atoms with Crippen molar-refractivity contribution in [1.29, 1.82) is 5.26 Å². The predicted molar refractivity (Wildman–Crippen MR) is 161 cm³/mol. The Morgan fingerprint density at radius 2 is 1.90 bits per heavy atom. The van der Waals surface area contributed by atoms with Gasteiger partial charge in [-0.3, -0.25) is 9.48 Å². The molecule has 42 heavy (non-hydrogen) atoms. The smallest absolute Gasteiger partial charge is 0.243 e. The number of nitriles is 1. The number of carbonyl (C=O) groups excluding carboxylic acids is 1. The van der Waals surface area contributed by atoms with E-state index in [0.717, 1.165) is 0 Å². The average molecular weight is 617 g/mol. The van der Waals surface area contributed by atoms with Crippen LogP contribution in [0.5, 0.6) is 0 Å². The number of hydrogen-bond acceptors (Lipinski definition) is 6. The van der Waals surface area contributed by atoms with Crippen molar-refractivity contribution in [3.05, 3.63) is 81.7 Å². The fourth-order valence-electron chi connectivity index (χ4n) is 5.99. The second kappa shape index (κ2) is 12.3. The minimum absolute atomic E-state index is 0.0660. The normalized spacial score (nSPS) is 22.6. The predicted octanol–water partition coefficient (Wildman–Crippen LogP) is 5.42. The quantitative estimate of drug-likeness (QED) is 0.241. The molecule has 1 fully saturated rings. The number of nitrogens with zero attached hydrogens (tertiary/aromatic N) is 3. The maximum Gasteiger partial charge on any atom is 0.243 e. The molecule has 1 aliphatic rings. The number of nitrogens with one attached hydrogen (secondary N) is 2. The number of aromatic nitrogens is 2. The number of rotatable bonds is 10. The van der Waals surface area contributed by atoms with E-state index in [0.29, 0.717) is 23.4 Å². The topological polar surface area (TPSA) is 123 Å². The summed E-state index contributed by atoms with van der Waals surface area (Å²) in [7, 11) is 0. The summed E-state index contributed by atoms with van der Waals surface area (Å²) in [5.41, 5.74) is -2.34. The number of benzene rings is 2. The molecule has 0 spiro atoms. The molecule has 4 N–H and O–H groups in total. The van der Waals surface area contributed by atoms with Crippen LogP contribution in [0.15, 0.2) is 54.7 Å². The second-order valence-corrected chi connectivity index (χ2v) is 13.2. The number of amides is 1. The minimum atomic E-state index is -1.56. The molecule has 2 heterocycles. The zero-order valence-electron chi connectivity index (χ0n) is 24.0. The first-order valence-corrected chi connectivity index (χ1v) is 14.5. The van der Waals surface area contributed by atoms with Gasteiger partial charge in [0.1, 0.15) is 11.2 Å². The number of aliphatic hydroxyl groups excluding tert-OH is 1. The van der Waals surface area contributed by atoms with Crippen LogP contribution in [0.2, 0.25) is 10.0 Å². The van der Waals surface area contributed by atoms with E-state index in [2.05, 4.69) is 21.8 Å². The van der Waals surface area contributed by atoms with E-state index in [1.165, 1.54) is 22.9 Å². The van der Waals surface area contributed by atoms with Gasteiger partial charge < -0.3 is 20.8 Å². The van der Waals surface area contributed by atoms with Gasteiger partial charge >= 0.3 is 0 Å². The third-order valence-electron chi connectivity index (χ3n) is 7.79. The highest BCUT2D eigenvalue weighted by Crippen LogP contribution is 2.52. The zero-order valence-corrected chi connectivity index (χ0v) is 25.5. The molecule has 224 valence electrons. The van der Waals surface area contributed by atoms with Crippen LogP contribution in [0, 0.1) is 22.6 Å². The van der Waals surface area contributed by atoms with Crippen molar-refractivity contribution in [2.45, 2.75) is 76.1 Å². The van der Waals surface area contributed by atoms with Gasteiger partial charge in [0.2, 0.25) is 5.91 Å². The molecule has 1 aliphatic heterocycles. The highest BCUT2D eigenvalue weighted by Gasteiger charge is 2.60. The molecule has 1 saturated heterocycles. The molecule has 1 amide bonds. The van der Waals surface area contributed by atoms with Crippen molar-refractivity contribution in [3.63, 3.8) is 0 Å². The van der Waals surface area contributed by atoms with Gasteiger partial charge in [0.05, 0.1) is 24.3 Å². The van der Waals surface area contributed by atoms with Gasteiger partial charge in [-0.15, -0.1) is 0 Å². The van der Waals surface area contributed by atoms with E-state index in [1.54, 1.807) is 50.4 Å². The van der Waals surface area contributed by atoms with Crippen LogP contribution in [-0.2, 0) is 16.8 Å². The SMILES string of the molecule is CC(C)(O)Cn1ccc(NC(=O)C2NC(CC(C)(C)CCO)C(C#N)(c3ccc(Cl)cc3F)C2c2cccc(Cl)c2)n1. The third-order valence-corrected chi connectivity index (χ3v) is 8.26. The number of anilines is 1. The van der Waals surface area contributed by atoms with Crippen LogP contribution in [0.3, 0.4) is 0 Å². The third kappa shape index (κ3) is 6.80. The standard InChI is InChI=1S/C31H36Cl2FN5O3/c1-29(2,11-13-40)16-24-31(17-35,22-9-8-21(33)15-23(22)34)26(19-6-5-7-20(32)14-19)27(36-24)28(41)37-25-10-12-39(38-25)18-30(3,4)42/h5-10,12,14-15,24,26-27,36,40,42H,11,13,16,18H2,1-4H3,(H,37,38,41). The summed E-state index contributed by atoms with van der Waals surface area (Å²) in [6.07, 6.45) is 2.43. The van der Waals surface area contributed by atoms with Crippen LogP contribution < -0.4 is 10.6 Å². The van der Waals surface area contributed by atoms with Gasteiger partial charge in [0, 0.05) is 46.4 Å². The summed E-state index contributed by atoms with van der Waals surface area (Å²) in [5.74, 6) is -1.73. The highest BCUT2D eigenvalue weighted by molar-refractivity contribution is 6.30. The van der Waals surface area contributed by atoms with Gasteiger partial charge in [0.25, 0.3) is 0 Å². The molecule has 11 heteroatoms. The molecule has 0 aliphatic carbocycles. The molecular formula is C31H36Cl2FN5O3. The van der Waals surface area contributed by atoms with Crippen molar-refractivity contribution >= 4 is 34.9 Å². The van der Waals surface area contributed by atoms with E-state index in [-0.39, 0.29) is 29.6 Å². The maximum atomic E-state index is 15.8. The molecule has 8 nitrogen and oxygen atoms in total. The van der Waals surface area contributed by atoms with Crippen LogP contribution in [-0.4, -0.2) is 50.2 Å². The first-order valence-electron chi connectivity index (χ1n) is 13.7. The lowest BCUT2D eigenvalue weighted by atomic mass is 9.62. The molecule has 4 rings (SSSR count). The monoisotopic (exact) mass is 615 g/mol. The molecule has 0 radical (unpaired) electrons. The van der Waals surface area contributed by atoms with Crippen molar-refractivity contribution < 1.29 is 19.4 Å².